The summed E-state index contributed by atoms with van der Waals surface area (Å²) in [6.07, 6.45) is -4.67. The van der Waals surface area contributed by atoms with Gasteiger partial charge in [-0.15, -0.1) is 0 Å². The molecule has 24 heavy (non-hydrogen) atoms. The van der Waals surface area contributed by atoms with Crippen LogP contribution in [0.1, 0.15) is 15.9 Å². The van der Waals surface area contributed by atoms with Crippen LogP contribution >= 0.6 is 23.2 Å². The van der Waals surface area contributed by atoms with Gasteiger partial charge in [0.2, 0.25) is 0 Å². The summed E-state index contributed by atoms with van der Waals surface area (Å²) in [6, 6.07) is 7.85. The van der Waals surface area contributed by atoms with Crippen molar-refractivity contribution in [1.82, 2.24) is 5.32 Å². The van der Waals surface area contributed by atoms with Crippen LogP contribution in [0, 0.1) is 0 Å². The summed E-state index contributed by atoms with van der Waals surface area (Å²) in [7, 11) is 0. The van der Waals surface area contributed by atoms with Crippen molar-refractivity contribution in [2.45, 2.75) is 6.18 Å². The molecule has 2 N–H and O–H groups in total. The summed E-state index contributed by atoms with van der Waals surface area (Å²) < 4.78 is 38.3. The molecular weight excluding hydrogens is 368 g/mol. The van der Waals surface area contributed by atoms with E-state index in [0.717, 1.165) is 6.07 Å². The van der Waals surface area contributed by atoms with E-state index in [-0.39, 0.29) is 16.3 Å². The van der Waals surface area contributed by atoms with Crippen molar-refractivity contribution in [3.8, 4) is 0 Å². The fourth-order valence-electron chi connectivity index (χ4n) is 1.80. The van der Waals surface area contributed by atoms with Gasteiger partial charge in [-0.2, -0.15) is 13.2 Å². The van der Waals surface area contributed by atoms with E-state index >= 15 is 0 Å². The average molecular weight is 377 g/mol. The monoisotopic (exact) mass is 376 g/mol. The number of urea groups is 1. The summed E-state index contributed by atoms with van der Waals surface area (Å²) in [5, 5.41) is 3.73. The summed E-state index contributed by atoms with van der Waals surface area (Å²) in [5.74, 6) is -0.789. The quantitative estimate of drug-likeness (QED) is 0.776. The number of rotatable bonds is 2. The normalized spacial score (nSPS) is 11.0. The van der Waals surface area contributed by atoms with Gasteiger partial charge >= 0.3 is 12.2 Å². The SMILES string of the molecule is O=C(NC(=O)c1ccccc1Cl)Nc1ccc(Cl)c(C(F)(F)F)c1. The molecule has 0 saturated heterocycles. The number of alkyl halides is 3. The maximum atomic E-state index is 12.8. The largest absolute Gasteiger partial charge is 0.417 e. The van der Waals surface area contributed by atoms with E-state index in [1.165, 1.54) is 18.2 Å². The van der Waals surface area contributed by atoms with Gasteiger partial charge in [0.05, 0.1) is 21.2 Å². The van der Waals surface area contributed by atoms with Gasteiger partial charge in [-0.05, 0) is 30.3 Å². The number of benzene rings is 2. The Morgan fingerprint density at radius 1 is 0.958 bits per heavy atom. The second-order valence-corrected chi connectivity index (χ2v) is 5.39. The van der Waals surface area contributed by atoms with Crippen molar-refractivity contribution in [1.29, 1.82) is 0 Å². The van der Waals surface area contributed by atoms with Crippen LogP contribution in [0.25, 0.3) is 0 Å². The zero-order valence-corrected chi connectivity index (χ0v) is 13.3. The number of hydrogen-bond donors (Lipinski definition) is 2. The lowest BCUT2D eigenvalue weighted by Gasteiger charge is -2.12. The molecule has 0 unspecified atom stereocenters. The Bertz CT molecular complexity index is 795. The molecule has 0 fully saturated rings. The Balaban J connectivity index is 2.11. The van der Waals surface area contributed by atoms with Gasteiger partial charge in [0.25, 0.3) is 5.91 Å². The van der Waals surface area contributed by atoms with Crippen LogP contribution in [0.5, 0.6) is 0 Å². The van der Waals surface area contributed by atoms with Crippen LogP contribution in [0.15, 0.2) is 42.5 Å². The van der Waals surface area contributed by atoms with Crippen molar-refractivity contribution in [2.75, 3.05) is 5.32 Å². The van der Waals surface area contributed by atoms with E-state index < -0.39 is 28.7 Å². The predicted molar refractivity (Wildman–Crippen MR) is 84.4 cm³/mol. The van der Waals surface area contributed by atoms with Crippen LogP contribution in [0.4, 0.5) is 23.7 Å². The smallest absolute Gasteiger partial charge is 0.308 e. The minimum Gasteiger partial charge on any atom is -0.308 e. The van der Waals surface area contributed by atoms with Crippen LogP contribution in [-0.2, 0) is 6.18 Å². The molecule has 0 saturated carbocycles. The number of nitrogens with one attached hydrogen (secondary N) is 2. The number of hydrogen-bond acceptors (Lipinski definition) is 2. The van der Waals surface area contributed by atoms with Gasteiger partial charge in [-0.25, -0.2) is 4.79 Å². The number of anilines is 1. The lowest BCUT2D eigenvalue weighted by atomic mass is 10.2. The second-order valence-electron chi connectivity index (χ2n) is 4.58. The van der Waals surface area contributed by atoms with Gasteiger partial charge in [0.15, 0.2) is 0 Å². The second kappa shape index (κ2) is 7.11. The summed E-state index contributed by atoms with van der Waals surface area (Å²) in [6.45, 7) is 0. The molecule has 0 aliphatic carbocycles. The highest BCUT2D eigenvalue weighted by molar-refractivity contribution is 6.34. The molecule has 0 aliphatic heterocycles. The van der Waals surface area contributed by atoms with E-state index in [4.69, 9.17) is 23.2 Å². The molecule has 3 amide bonds. The van der Waals surface area contributed by atoms with Crippen molar-refractivity contribution < 1.29 is 22.8 Å². The molecule has 9 heteroatoms. The molecule has 0 aromatic heterocycles. The Morgan fingerprint density at radius 2 is 1.62 bits per heavy atom. The molecule has 126 valence electrons. The molecule has 2 rings (SSSR count). The minimum atomic E-state index is -4.67. The topological polar surface area (TPSA) is 58.2 Å². The average Bonchev–Trinajstić information content (AvgIpc) is 2.48. The number of carbonyl (C=O) groups excluding carboxylic acids is 2. The molecule has 2 aromatic carbocycles. The van der Waals surface area contributed by atoms with Gasteiger partial charge < -0.3 is 5.32 Å². The lowest BCUT2D eigenvalue weighted by molar-refractivity contribution is -0.137. The summed E-state index contributed by atoms with van der Waals surface area (Å²) in [4.78, 5) is 23.6. The number of imide groups is 1. The number of halogens is 5. The van der Waals surface area contributed by atoms with E-state index in [0.29, 0.717) is 6.07 Å². The fourth-order valence-corrected chi connectivity index (χ4v) is 2.24. The lowest BCUT2D eigenvalue weighted by Crippen LogP contribution is -2.34. The zero-order chi connectivity index (χ0) is 17.9. The summed E-state index contributed by atoms with van der Waals surface area (Å²) in [5.41, 5.74) is -1.21. The number of amides is 3. The molecule has 0 radical (unpaired) electrons. The van der Waals surface area contributed by atoms with E-state index in [1.54, 1.807) is 12.1 Å². The Morgan fingerprint density at radius 3 is 2.25 bits per heavy atom. The Kier molecular flexibility index (Phi) is 5.36. The first-order valence-corrected chi connectivity index (χ1v) is 7.17. The highest BCUT2D eigenvalue weighted by Crippen LogP contribution is 2.36. The molecule has 0 heterocycles. The van der Waals surface area contributed by atoms with E-state index in [2.05, 4.69) is 5.32 Å². The Labute approximate surface area is 144 Å². The molecule has 0 aliphatic rings. The van der Waals surface area contributed by atoms with Crippen LogP contribution < -0.4 is 10.6 Å². The maximum absolute atomic E-state index is 12.8. The first kappa shape index (κ1) is 18.1. The predicted octanol–water partition coefficient (Wildman–Crippen LogP) is 4.97. The van der Waals surface area contributed by atoms with E-state index in [9.17, 15) is 22.8 Å². The molecule has 2 aromatic rings. The first-order valence-electron chi connectivity index (χ1n) is 6.42. The highest BCUT2D eigenvalue weighted by atomic mass is 35.5. The highest BCUT2D eigenvalue weighted by Gasteiger charge is 2.33. The van der Waals surface area contributed by atoms with Crippen molar-refractivity contribution in [3.05, 3.63) is 63.6 Å². The standard InChI is InChI=1S/C15H9Cl2F3N2O2/c16-11-4-2-1-3-9(11)13(23)22-14(24)21-8-5-6-12(17)10(7-8)15(18,19)20/h1-7H,(H2,21,22,23,24). The third kappa shape index (κ3) is 4.39. The first-order chi connectivity index (χ1) is 11.2. The Hall–Kier alpha value is -2.25. The third-order valence-corrected chi connectivity index (χ3v) is 3.53. The zero-order valence-electron chi connectivity index (χ0n) is 11.7. The maximum Gasteiger partial charge on any atom is 0.417 e. The molecule has 0 bridgehead atoms. The van der Waals surface area contributed by atoms with Gasteiger partial charge in [0.1, 0.15) is 0 Å². The van der Waals surface area contributed by atoms with Gasteiger partial charge in [-0.1, -0.05) is 35.3 Å². The van der Waals surface area contributed by atoms with Crippen molar-refractivity contribution >= 4 is 40.8 Å². The molecular formula is C15H9Cl2F3N2O2. The van der Waals surface area contributed by atoms with Gasteiger partial charge in [0, 0.05) is 5.69 Å². The third-order valence-electron chi connectivity index (χ3n) is 2.88. The van der Waals surface area contributed by atoms with Crippen molar-refractivity contribution in [2.24, 2.45) is 0 Å². The van der Waals surface area contributed by atoms with Gasteiger partial charge in [-0.3, -0.25) is 10.1 Å². The molecule has 0 atom stereocenters. The van der Waals surface area contributed by atoms with Crippen LogP contribution in [0.3, 0.4) is 0 Å². The van der Waals surface area contributed by atoms with Crippen LogP contribution in [-0.4, -0.2) is 11.9 Å². The van der Waals surface area contributed by atoms with Crippen LogP contribution in [0.2, 0.25) is 10.0 Å². The molecule has 4 nitrogen and oxygen atoms in total. The molecule has 0 spiro atoms. The van der Waals surface area contributed by atoms with E-state index in [1.807, 2.05) is 5.32 Å². The summed E-state index contributed by atoms with van der Waals surface area (Å²) >= 11 is 11.3. The minimum absolute atomic E-state index is 0.0569. The van der Waals surface area contributed by atoms with Crippen molar-refractivity contribution in [3.63, 3.8) is 0 Å². The number of carbonyl (C=O) groups is 2. The fraction of sp³-hybridized carbons (Fsp3) is 0.0667.